The SMILES string of the molecule is CCCc1cc(=O)oc2cc(OS(=O)(=O)c3ccc(Br)s3)ccc12. The Hall–Kier alpha value is -1.64. The number of aryl methyl sites for hydroxylation is 1. The van der Waals surface area contributed by atoms with Gasteiger partial charge in [-0.15, -0.1) is 11.3 Å². The van der Waals surface area contributed by atoms with E-state index in [-0.39, 0.29) is 9.96 Å². The molecule has 2 heterocycles. The van der Waals surface area contributed by atoms with E-state index in [2.05, 4.69) is 15.9 Å². The quantitative estimate of drug-likeness (QED) is 0.446. The maximum atomic E-state index is 12.3. The lowest BCUT2D eigenvalue weighted by molar-refractivity contribution is 0.487. The highest BCUT2D eigenvalue weighted by molar-refractivity contribution is 9.11. The van der Waals surface area contributed by atoms with E-state index in [1.807, 2.05) is 6.92 Å². The molecular weight excluding hydrogens is 416 g/mol. The fourth-order valence-electron chi connectivity index (χ4n) is 2.34. The molecule has 0 saturated carbocycles. The van der Waals surface area contributed by atoms with E-state index >= 15 is 0 Å². The van der Waals surface area contributed by atoms with E-state index in [1.54, 1.807) is 18.2 Å². The molecule has 0 radical (unpaired) electrons. The van der Waals surface area contributed by atoms with Gasteiger partial charge in [-0.05, 0) is 52.2 Å². The highest BCUT2D eigenvalue weighted by atomic mass is 79.9. The summed E-state index contributed by atoms with van der Waals surface area (Å²) in [5.41, 5.74) is 0.722. The fraction of sp³-hybridized carbons (Fsp3) is 0.188. The van der Waals surface area contributed by atoms with E-state index in [1.165, 1.54) is 18.2 Å². The Morgan fingerprint density at radius 3 is 2.67 bits per heavy atom. The van der Waals surface area contributed by atoms with Crippen LogP contribution in [0.4, 0.5) is 0 Å². The Labute approximate surface area is 151 Å². The molecule has 1 aromatic carbocycles. The third kappa shape index (κ3) is 3.55. The van der Waals surface area contributed by atoms with Crippen molar-refractivity contribution in [3.05, 3.63) is 56.2 Å². The van der Waals surface area contributed by atoms with Gasteiger partial charge in [0, 0.05) is 17.5 Å². The third-order valence-electron chi connectivity index (χ3n) is 3.32. The molecule has 24 heavy (non-hydrogen) atoms. The molecule has 0 amide bonds. The largest absolute Gasteiger partial charge is 0.423 e. The van der Waals surface area contributed by atoms with Crippen LogP contribution in [0.15, 0.2) is 53.6 Å². The Kier molecular flexibility index (Phi) is 4.80. The van der Waals surface area contributed by atoms with Gasteiger partial charge in [0.1, 0.15) is 11.3 Å². The summed E-state index contributed by atoms with van der Waals surface area (Å²) < 4.78 is 35.6. The van der Waals surface area contributed by atoms with Crippen molar-refractivity contribution in [3.8, 4) is 5.75 Å². The number of benzene rings is 1. The molecule has 0 saturated heterocycles. The van der Waals surface area contributed by atoms with Crippen LogP contribution < -0.4 is 9.81 Å². The molecule has 2 aromatic heterocycles. The standard InChI is InChI=1S/C16H13BrO5S2/c1-2-3-10-8-15(18)21-13-9-11(4-5-12(10)13)22-24(19,20)16-7-6-14(17)23-16/h4-9H,2-3H2,1H3. The molecule has 3 rings (SSSR count). The maximum Gasteiger partial charge on any atom is 0.348 e. The van der Waals surface area contributed by atoms with Crippen LogP contribution in [0.1, 0.15) is 18.9 Å². The molecule has 0 unspecified atom stereocenters. The van der Waals surface area contributed by atoms with Crippen LogP contribution in [-0.4, -0.2) is 8.42 Å². The maximum absolute atomic E-state index is 12.3. The Morgan fingerprint density at radius 2 is 2.00 bits per heavy atom. The first-order chi connectivity index (χ1) is 11.4. The van der Waals surface area contributed by atoms with Gasteiger partial charge >= 0.3 is 15.7 Å². The summed E-state index contributed by atoms with van der Waals surface area (Å²) in [4.78, 5) is 11.7. The molecule has 0 N–H and O–H groups in total. The predicted molar refractivity (Wildman–Crippen MR) is 96.3 cm³/mol. The lowest BCUT2D eigenvalue weighted by Crippen LogP contribution is -2.08. The summed E-state index contributed by atoms with van der Waals surface area (Å²) in [6.45, 7) is 2.02. The van der Waals surface area contributed by atoms with Crippen molar-refractivity contribution in [3.63, 3.8) is 0 Å². The molecule has 0 fully saturated rings. The molecule has 8 heteroatoms. The van der Waals surface area contributed by atoms with Crippen molar-refractivity contribution >= 4 is 48.4 Å². The van der Waals surface area contributed by atoms with Gasteiger partial charge in [0.25, 0.3) is 0 Å². The zero-order chi connectivity index (χ0) is 17.3. The van der Waals surface area contributed by atoms with Crippen molar-refractivity contribution in [2.45, 2.75) is 24.0 Å². The topological polar surface area (TPSA) is 73.6 Å². The zero-order valence-corrected chi connectivity index (χ0v) is 15.8. The number of hydrogen-bond donors (Lipinski definition) is 0. The average Bonchev–Trinajstić information content (AvgIpc) is 2.94. The van der Waals surface area contributed by atoms with Gasteiger partial charge in [-0.1, -0.05) is 13.3 Å². The second-order valence-electron chi connectivity index (χ2n) is 5.09. The summed E-state index contributed by atoms with van der Waals surface area (Å²) in [6, 6.07) is 9.25. The van der Waals surface area contributed by atoms with Gasteiger partial charge in [-0.25, -0.2) is 4.79 Å². The van der Waals surface area contributed by atoms with Crippen LogP contribution in [0.2, 0.25) is 0 Å². The Bertz CT molecular complexity index is 1050. The monoisotopic (exact) mass is 428 g/mol. The first-order valence-corrected chi connectivity index (χ1v) is 10.2. The minimum atomic E-state index is -3.92. The molecular formula is C16H13BrO5S2. The van der Waals surface area contributed by atoms with Crippen LogP contribution in [0, 0.1) is 0 Å². The Morgan fingerprint density at radius 1 is 1.21 bits per heavy atom. The molecule has 3 aromatic rings. The molecule has 0 aliphatic carbocycles. The average molecular weight is 429 g/mol. The van der Waals surface area contributed by atoms with Crippen LogP contribution >= 0.6 is 27.3 Å². The third-order valence-corrected chi connectivity index (χ3v) is 6.64. The first-order valence-electron chi connectivity index (χ1n) is 7.15. The van der Waals surface area contributed by atoms with Gasteiger partial charge in [0.15, 0.2) is 4.21 Å². The van der Waals surface area contributed by atoms with E-state index in [0.717, 1.165) is 35.1 Å². The highest BCUT2D eigenvalue weighted by Crippen LogP contribution is 2.30. The van der Waals surface area contributed by atoms with E-state index < -0.39 is 15.7 Å². The van der Waals surface area contributed by atoms with E-state index in [9.17, 15) is 13.2 Å². The first kappa shape index (κ1) is 17.2. The Balaban J connectivity index is 2.01. The van der Waals surface area contributed by atoms with Crippen molar-refractivity contribution < 1.29 is 17.0 Å². The molecule has 126 valence electrons. The van der Waals surface area contributed by atoms with Crippen molar-refractivity contribution in [2.75, 3.05) is 0 Å². The summed E-state index contributed by atoms with van der Waals surface area (Å²) in [7, 11) is -3.92. The molecule has 0 aliphatic heterocycles. The summed E-state index contributed by atoms with van der Waals surface area (Å²) in [5.74, 6) is 0.101. The number of hydrogen-bond acceptors (Lipinski definition) is 6. The van der Waals surface area contributed by atoms with Gasteiger partial charge in [-0.3, -0.25) is 0 Å². The number of rotatable bonds is 5. The molecule has 0 spiro atoms. The fourth-order valence-corrected chi connectivity index (χ4v) is 5.23. The van der Waals surface area contributed by atoms with Crippen LogP contribution in [0.3, 0.4) is 0 Å². The van der Waals surface area contributed by atoms with Gasteiger partial charge in [-0.2, -0.15) is 8.42 Å². The van der Waals surface area contributed by atoms with Gasteiger partial charge < -0.3 is 8.60 Å². The number of fused-ring (bicyclic) bond motifs is 1. The van der Waals surface area contributed by atoms with Gasteiger partial charge in [0.2, 0.25) is 0 Å². The molecule has 0 bridgehead atoms. The minimum Gasteiger partial charge on any atom is -0.423 e. The van der Waals surface area contributed by atoms with Gasteiger partial charge in [0.05, 0.1) is 3.79 Å². The van der Waals surface area contributed by atoms with Crippen LogP contribution in [-0.2, 0) is 16.5 Å². The smallest absolute Gasteiger partial charge is 0.348 e. The number of halogens is 1. The van der Waals surface area contributed by atoms with Crippen molar-refractivity contribution in [1.29, 1.82) is 0 Å². The van der Waals surface area contributed by atoms with Crippen molar-refractivity contribution in [1.82, 2.24) is 0 Å². The normalized spacial score (nSPS) is 11.8. The summed E-state index contributed by atoms with van der Waals surface area (Å²) in [6.07, 6.45) is 1.63. The van der Waals surface area contributed by atoms with Crippen LogP contribution in [0.5, 0.6) is 5.75 Å². The van der Waals surface area contributed by atoms with E-state index in [0.29, 0.717) is 9.37 Å². The van der Waals surface area contributed by atoms with E-state index in [4.69, 9.17) is 8.60 Å². The van der Waals surface area contributed by atoms with Crippen LogP contribution in [0.25, 0.3) is 11.0 Å². The predicted octanol–water partition coefficient (Wildman–Crippen LogP) is 4.34. The second-order valence-corrected chi connectivity index (χ2v) is 9.33. The molecule has 0 atom stereocenters. The highest BCUT2D eigenvalue weighted by Gasteiger charge is 2.19. The second kappa shape index (κ2) is 6.70. The lowest BCUT2D eigenvalue weighted by Gasteiger charge is -2.08. The minimum absolute atomic E-state index is 0.0932. The van der Waals surface area contributed by atoms with Crippen molar-refractivity contribution in [2.24, 2.45) is 0 Å². The number of thiophene rings is 1. The summed E-state index contributed by atoms with van der Waals surface area (Å²) >= 11 is 4.28. The molecule has 5 nitrogen and oxygen atoms in total. The summed E-state index contributed by atoms with van der Waals surface area (Å²) in [5, 5.41) is 0.778. The lowest BCUT2D eigenvalue weighted by atomic mass is 10.1. The molecule has 0 aliphatic rings. The zero-order valence-electron chi connectivity index (χ0n) is 12.6.